The largest absolute Gasteiger partial charge is 0.324 e. The van der Waals surface area contributed by atoms with E-state index in [-0.39, 0.29) is 11.9 Å². The van der Waals surface area contributed by atoms with E-state index < -0.39 is 0 Å². The van der Waals surface area contributed by atoms with E-state index in [1.165, 1.54) is 0 Å². The Hall–Kier alpha value is -2.82. The van der Waals surface area contributed by atoms with E-state index in [1.54, 1.807) is 16.9 Å². The van der Waals surface area contributed by atoms with E-state index in [4.69, 9.17) is 0 Å². The first kappa shape index (κ1) is 14.1. The lowest BCUT2D eigenvalue weighted by molar-refractivity contribution is 0.102. The fraction of sp³-hybridized carbons (Fsp3) is 0.176. The summed E-state index contributed by atoms with van der Waals surface area (Å²) < 4.78 is 3.78. The lowest BCUT2D eigenvalue weighted by Gasteiger charge is -2.12. The Morgan fingerprint density at radius 1 is 1.09 bits per heavy atom. The fourth-order valence-corrected chi connectivity index (χ4v) is 2.30. The molecule has 0 saturated heterocycles. The predicted octanol–water partition coefficient (Wildman–Crippen LogP) is 3.51. The molecular weight excluding hydrogens is 276 g/mol. The Morgan fingerprint density at radius 2 is 1.77 bits per heavy atom. The molecule has 2 heterocycles. The molecule has 2 aromatic heterocycles. The zero-order valence-corrected chi connectivity index (χ0v) is 12.6. The van der Waals surface area contributed by atoms with Gasteiger partial charge in [0.25, 0.3) is 5.91 Å². The Balaban J connectivity index is 1.76. The highest BCUT2D eigenvalue weighted by Crippen LogP contribution is 2.15. The van der Waals surface area contributed by atoms with Crippen LogP contribution in [0.25, 0.3) is 5.69 Å². The first-order valence-electron chi connectivity index (χ1n) is 7.23. The third-order valence-corrected chi connectivity index (χ3v) is 3.43. The molecule has 0 aliphatic heterocycles. The summed E-state index contributed by atoms with van der Waals surface area (Å²) in [6.45, 7) is 4.04. The van der Waals surface area contributed by atoms with Crippen molar-refractivity contribution in [2.75, 3.05) is 5.32 Å². The molecule has 0 atom stereocenters. The van der Waals surface area contributed by atoms with Gasteiger partial charge in [0.15, 0.2) is 0 Å². The standard InChI is InChI=1S/C17H18N4O/c1-13(2)21-16(9-10-18-21)19-17(22)14-5-7-15(8-6-14)20-11-3-4-12-20/h3-13H,1-2H3,(H,19,22). The van der Waals surface area contributed by atoms with E-state index in [0.29, 0.717) is 11.4 Å². The van der Waals surface area contributed by atoms with Crippen molar-refractivity contribution < 1.29 is 4.79 Å². The highest BCUT2D eigenvalue weighted by atomic mass is 16.1. The quantitative estimate of drug-likeness (QED) is 0.800. The molecule has 22 heavy (non-hydrogen) atoms. The van der Waals surface area contributed by atoms with Gasteiger partial charge in [0, 0.05) is 35.8 Å². The molecule has 0 bridgehead atoms. The Bertz CT molecular complexity index is 754. The maximum Gasteiger partial charge on any atom is 0.256 e. The Kier molecular flexibility index (Phi) is 3.78. The van der Waals surface area contributed by atoms with Crippen molar-refractivity contribution in [2.45, 2.75) is 19.9 Å². The number of rotatable bonds is 4. The molecule has 112 valence electrons. The number of hydrogen-bond donors (Lipinski definition) is 1. The summed E-state index contributed by atoms with van der Waals surface area (Å²) in [7, 11) is 0. The molecule has 0 spiro atoms. The van der Waals surface area contributed by atoms with Crippen molar-refractivity contribution in [3.8, 4) is 5.69 Å². The molecule has 0 fully saturated rings. The minimum atomic E-state index is -0.138. The lowest BCUT2D eigenvalue weighted by atomic mass is 10.2. The van der Waals surface area contributed by atoms with Gasteiger partial charge < -0.3 is 9.88 Å². The second-order valence-electron chi connectivity index (χ2n) is 5.35. The number of amides is 1. The van der Waals surface area contributed by atoms with Gasteiger partial charge in [-0.3, -0.25) is 4.79 Å². The summed E-state index contributed by atoms with van der Waals surface area (Å²) in [6, 6.07) is 13.4. The van der Waals surface area contributed by atoms with Gasteiger partial charge in [0.05, 0.1) is 6.20 Å². The zero-order valence-electron chi connectivity index (χ0n) is 12.6. The van der Waals surface area contributed by atoms with Crippen LogP contribution in [0.1, 0.15) is 30.2 Å². The van der Waals surface area contributed by atoms with Gasteiger partial charge in [-0.2, -0.15) is 5.10 Å². The van der Waals surface area contributed by atoms with Crippen molar-refractivity contribution in [1.82, 2.24) is 14.3 Å². The van der Waals surface area contributed by atoms with Crippen LogP contribution < -0.4 is 5.32 Å². The maximum absolute atomic E-state index is 12.3. The molecule has 0 unspecified atom stereocenters. The first-order valence-corrected chi connectivity index (χ1v) is 7.23. The van der Waals surface area contributed by atoms with Gasteiger partial charge >= 0.3 is 0 Å². The molecule has 5 heteroatoms. The van der Waals surface area contributed by atoms with E-state index in [9.17, 15) is 4.79 Å². The molecule has 0 radical (unpaired) electrons. The number of benzene rings is 1. The summed E-state index contributed by atoms with van der Waals surface area (Å²) in [6.07, 6.45) is 5.62. The van der Waals surface area contributed by atoms with Gasteiger partial charge in [0.1, 0.15) is 5.82 Å². The van der Waals surface area contributed by atoms with Crippen molar-refractivity contribution in [2.24, 2.45) is 0 Å². The van der Waals surface area contributed by atoms with Gasteiger partial charge in [-0.25, -0.2) is 4.68 Å². The smallest absolute Gasteiger partial charge is 0.256 e. The van der Waals surface area contributed by atoms with Crippen LogP contribution in [0.15, 0.2) is 61.1 Å². The molecule has 0 aliphatic carbocycles. The average molecular weight is 294 g/mol. The van der Waals surface area contributed by atoms with E-state index >= 15 is 0 Å². The summed E-state index contributed by atoms with van der Waals surface area (Å²) in [5, 5.41) is 7.11. The molecule has 3 aromatic rings. The van der Waals surface area contributed by atoms with Crippen LogP contribution >= 0.6 is 0 Å². The molecule has 1 amide bonds. The van der Waals surface area contributed by atoms with Crippen LogP contribution in [0.3, 0.4) is 0 Å². The third-order valence-electron chi connectivity index (χ3n) is 3.43. The third kappa shape index (κ3) is 2.79. The summed E-state index contributed by atoms with van der Waals surface area (Å²) >= 11 is 0. The Morgan fingerprint density at radius 3 is 2.41 bits per heavy atom. The average Bonchev–Trinajstić information content (AvgIpc) is 3.18. The fourth-order valence-electron chi connectivity index (χ4n) is 2.30. The number of carbonyl (C=O) groups excluding carboxylic acids is 1. The SMILES string of the molecule is CC(C)n1nccc1NC(=O)c1ccc(-n2cccc2)cc1. The number of hydrogen-bond acceptors (Lipinski definition) is 2. The van der Waals surface area contributed by atoms with Crippen LogP contribution in [-0.2, 0) is 0 Å². The minimum Gasteiger partial charge on any atom is -0.324 e. The second-order valence-corrected chi connectivity index (χ2v) is 5.35. The molecule has 3 rings (SSSR count). The molecule has 5 nitrogen and oxygen atoms in total. The van der Waals surface area contributed by atoms with Gasteiger partial charge in [-0.05, 0) is 50.2 Å². The van der Waals surface area contributed by atoms with Gasteiger partial charge in [0.2, 0.25) is 0 Å². The summed E-state index contributed by atoms with van der Waals surface area (Å²) in [4.78, 5) is 12.3. The van der Waals surface area contributed by atoms with E-state index in [0.717, 1.165) is 5.69 Å². The summed E-state index contributed by atoms with van der Waals surface area (Å²) in [5.41, 5.74) is 1.64. The van der Waals surface area contributed by atoms with Gasteiger partial charge in [-0.15, -0.1) is 0 Å². The highest BCUT2D eigenvalue weighted by molar-refractivity contribution is 6.03. The minimum absolute atomic E-state index is 0.138. The number of nitrogens with one attached hydrogen (secondary N) is 1. The van der Waals surface area contributed by atoms with Crippen molar-refractivity contribution >= 4 is 11.7 Å². The molecule has 1 aromatic carbocycles. The lowest BCUT2D eigenvalue weighted by Crippen LogP contribution is -2.16. The van der Waals surface area contributed by atoms with Crippen LogP contribution in [0.2, 0.25) is 0 Å². The normalized spacial score (nSPS) is 10.9. The van der Waals surface area contributed by atoms with Crippen molar-refractivity contribution in [3.63, 3.8) is 0 Å². The number of nitrogens with zero attached hydrogens (tertiary/aromatic N) is 3. The topological polar surface area (TPSA) is 51.9 Å². The monoisotopic (exact) mass is 294 g/mol. The van der Waals surface area contributed by atoms with E-state index in [2.05, 4.69) is 10.4 Å². The zero-order chi connectivity index (χ0) is 15.5. The number of aromatic nitrogens is 3. The summed E-state index contributed by atoms with van der Waals surface area (Å²) in [5.74, 6) is 0.566. The maximum atomic E-state index is 12.3. The van der Waals surface area contributed by atoms with Crippen molar-refractivity contribution in [1.29, 1.82) is 0 Å². The molecule has 0 aliphatic rings. The van der Waals surface area contributed by atoms with Crippen LogP contribution in [0, 0.1) is 0 Å². The number of anilines is 1. The number of carbonyl (C=O) groups is 1. The first-order chi connectivity index (χ1) is 10.6. The van der Waals surface area contributed by atoms with Gasteiger partial charge in [-0.1, -0.05) is 0 Å². The highest BCUT2D eigenvalue weighted by Gasteiger charge is 2.11. The van der Waals surface area contributed by atoms with Crippen molar-refractivity contribution in [3.05, 3.63) is 66.6 Å². The van der Waals surface area contributed by atoms with Crippen LogP contribution in [0.4, 0.5) is 5.82 Å². The molecule has 1 N–H and O–H groups in total. The second kappa shape index (κ2) is 5.89. The van der Waals surface area contributed by atoms with E-state index in [1.807, 2.05) is 67.2 Å². The predicted molar refractivity (Wildman–Crippen MR) is 86.3 cm³/mol. The van der Waals surface area contributed by atoms with Crippen LogP contribution in [-0.4, -0.2) is 20.3 Å². The Labute approximate surface area is 129 Å². The van der Waals surface area contributed by atoms with Crippen LogP contribution in [0.5, 0.6) is 0 Å². The molecule has 0 saturated carbocycles. The molecular formula is C17H18N4O.